The molecular formula is C16H16ClN3O. The maximum Gasteiger partial charge on any atom is 0.251 e. The normalized spacial score (nSPS) is 17.7. The van der Waals surface area contributed by atoms with Gasteiger partial charge in [-0.3, -0.25) is 9.78 Å². The number of nitrogens with one attached hydrogen (secondary N) is 2. The van der Waals surface area contributed by atoms with Crippen LogP contribution in [0.5, 0.6) is 0 Å². The highest BCUT2D eigenvalue weighted by molar-refractivity contribution is 6.30. The lowest BCUT2D eigenvalue weighted by molar-refractivity contribution is 0.0940. The summed E-state index contributed by atoms with van der Waals surface area (Å²) in [5.74, 6) is -0.0284. The molecule has 1 saturated heterocycles. The number of pyridine rings is 1. The third-order valence-electron chi connectivity index (χ3n) is 3.57. The SMILES string of the molecule is O=C(NC1CCNC1)c1ccc(-c2ccc(Cl)cn2)cc1. The molecule has 2 aromatic rings. The van der Waals surface area contributed by atoms with E-state index >= 15 is 0 Å². The van der Waals surface area contributed by atoms with Crippen LogP contribution in [0, 0.1) is 0 Å². The lowest BCUT2D eigenvalue weighted by Gasteiger charge is -2.11. The first-order valence-corrected chi connectivity index (χ1v) is 7.34. The largest absolute Gasteiger partial charge is 0.348 e. The summed E-state index contributed by atoms with van der Waals surface area (Å²) in [6.07, 6.45) is 2.60. The van der Waals surface area contributed by atoms with Crippen molar-refractivity contribution in [3.63, 3.8) is 0 Å². The van der Waals surface area contributed by atoms with E-state index in [1.54, 1.807) is 12.3 Å². The molecule has 1 aliphatic heterocycles. The van der Waals surface area contributed by atoms with Crippen LogP contribution in [-0.4, -0.2) is 30.0 Å². The van der Waals surface area contributed by atoms with Gasteiger partial charge in [0.25, 0.3) is 5.91 Å². The van der Waals surface area contributed by atoms with Gasteiger partial charge >= 0.3 is 0 Å². The Labute approximate surface area is 128 Å². The quantitative estimate of drug-likeness (QED) is 0.916. The Morgan fingerprint density at radius 1 is 1.24 bits per heavy atom. The van der Waals surface area contributed by atoms with Gasteiger partial charge in [0.05, 0.1) is 10.7 Å². The fraction of sp³-hybridized carbons (Fsp3) is 0.250. The van der Waals surface area contributed by atoms with Gasteiger partial charge in [-0.1, -0.05) is 23.7 Å². The third kappa shape index (κ3) is 3.40. The molecule has 1 atom stereocenters. The van der Waals surface area contributed by atoms with Gasteiger partial charge in [0.1, 0.15) is 0 Å². The number of halogens is 1. The number of aromatic nitrogens is 1. The van der Waals surface area contributed by atoms with Crippen LogP contribution < -0.4 is 10.6 Å². The molecule has 2 heterocycles. The molecule has 0 aliphatic carbocycles. The van der Waals surface area contributed by atoms with Gasteiger partial charge in [-0.05, 0) is 37.2 Å². The zero-order chi connectivity index (χ0) is 14.7. The molecule has 1 unspecified atom stereocenters. The zero-order valence-corrected chi connectivity index (χ0v) is 12.2. The minimum Gasteiger partial charge on any atom is -0.348 e. The van der Waals surface area contributed by atoms with Gasteiger partial charge < -0.3 is 10.6 Å². The van der Waals surface area contributed by atoms with Crippen molar-refractivity contribution in [1.82, 2.24) is 15.6 Å². The molecular weight excluding hydrogens is 286 g/mol. The Kier molecular flexibility index (Phi) is 4.18. The van der Waals surface area contributed by atoms with Crippen LogP contribution in [0.3, 0.4) is 0 Å². The minimum atomic E-state index is -0.0284. The van der Waals surface area contributed by atoms with Crippen molar-refractivity contribution in [2.45, 2.75) is 12.5 Å². The summed E-state index contributed by atoms with van der Waals surface area (Å²) in [4.78, 5) is 16.4. The maximum absolute atomic E-state index is 12.1. The van der Waals surface area contributed by atoms with Gasteiger partial charge in [-0.2, -0.15) is 0 Å². The van der Waals surface area contributed by atoms with E-state index in [4.69, 9.17) is 11.6 Å². The average molecular weight is 302 g/mol. The smallest absolute Gasteiger partial charge is 0.251 e. The van der Waals surface area contributed by atoms with Crippen LogP contribution >= 0.6 is 11.6 Å². The van der Waals surface area contributed by atoms with Crippen LogP contribution in [0.2, 0.25) is 5.02 Å². The molecule has 108 valence electrons. The molecule has 1 amide bonds. The molecule has 21 heavy (non-hydrogen) atoms. The summed E-state index contributed by atoms with van der Waals surface area (Å²) in [6.45, 7) is 1.81. The fourth-order valence-corrected chi connectivity index (χ4v) is 2.50. The number of carbonyl (C=O) groups is 1. The average Bonchev–Trinajstić information content (AvgIpc) is 3.01. The van der Waals surface area contributed by atoms with Crippen molar-refractivity contribution >= 4 is 17.5 Å². The van der Waals surface area contributed by atoms with E-state index in [0.29, 0.717) is 10.6 Å². The Hall–Kier alpha value is -1.91. The lowest BCUT2D eigenvalue weighted by Crippen LogP contribution is -2.36. The van der Waals surface area contributed by atoms with Gasteiger partial charge in [0.15, 0.2) is 0 Å². The second-order valence-electron chi connectivity index (χ2n) is 5.10. The summed E-state index contributed by atoms with van der Waals surface area (Å²) in [5, 5.41) is 6.87. The first kappa shape index (κ1) is 14.0. The monoisotopic (exact) mass is 301 g/mol. The Balaban J connectivity index is 1.71. The third-order valence-corrected chi connectivity index (χ3v) is 3.79. The molecule has 4 nitrogen and oxygen atoms in total. The number of benzene rings is 1. The Morgan fingerprint density at radius 3 is 2.67 bits per heavy atom. The summed E-state index contributed by atoms with van der Waals surface area (Å²) in [7, 11) is 0. The van der Waals surface area contributed by atoms with Crippen molar-refractivity contribution in [1.29, 1.82) is 0 Å². The highest BCUT2D eigenvalue weighted by atomic mass is 35.5. The van der Waals surface area contributed by atoms with Gasteiger partial charge in [0.2, 0.25) is 0 Å². The van der Waals surface area contributed by atoms with Crippen LogP contribution in [0.1, 0.15) is 16.8 Å². The van der Waals surface area contributed by atoms with E-state index in [9.17, 15) is 4.79 Å². The second kappa shape index (κ2) is 6.24. The molecule has 1 aromatic heterocycles. The van der Waals surface area contributed by atoms with Crippen LogP contribution in [0.4, 0.5) is 0 Å². The van der Waals surface area contributed by atoms with E-state index < -0.39 is 0 Å². The molecule has 0 bridgehead atoms. The van der Waals surface area contributed by atoms with Crippen LogP contribution in [0.15, 0.2) is 42.6 Å². The predicted molar refractivity (Wildman–Crippen MR) is 83.4 cm³/mol. The topological polar surface area (TPSA) is 54.0 Å². The molecule has 1 aliphatic rings. The van der Waals surface area contributed by atoms with Gasteiger partial charge in [-0.25, -0.2) is 0 Å². The highest BCUT2D eigenvalue weighted by Gasteiger charge is 2.17. The number of hydrogen-bond acceptors (Lipinski definition) is 3. The molecule has 2 N–H and O–H groups in total. The van der Waals surface area contributed by atoms with Crippen molar-refractivity contribution in [3.8, 4) is 11.3 Å². The Morgan fingerprint density at radius 2 is 2.05 bits per heavy atom. The van der Waals surface area contributed by atoms with Crippen molar-refractivity contribution in [2.75, 3.05) is 13.1 Å². The maximum atomic E-state index is 12.1. The number of nitrogens with zero attached hydrogens (tertiary/aromatic N) is 1. The van der Waals surface area contributed by atoms with Gasteiger partial charge in [0, 0.05) is 29.9 Å². The minimum absolute atomic E-state index is 0.0284. The van der Waals surface area contributed by atoms with E-state index in [1.807, 2.05) is 30.3 Å². The summed E-state index contributed by atoms with van der Waals surface area (Å²) in [5.41, 5.74) is 2.47. The number of hydrogen-bond donors (Lipinski definition) is 2. The summed E-state index contributed by atoms with van der Waals surface area (Å²) >= 11 is 5.83. The van der Waals surface area contributed by atoms with Crippen molar-refractivity contribution < 1.29 is 4.79 Å². The lowest BCUT2D eigenvalue weighted by atomic mass is 10.1. The molecule has 3 rings (SSSR count). The summed E-state index contributed by atoms with van der Waals surface area (Å²) in [6, 6.07) is 11.3. The van der Waals surface area contributed by atoms with Crippen molar-refractivity contribution in [3.05, 3.63) is 53.2 Å². The molecule has 0 saturated carbocycles. The van der Waals surface area contributed by atoms with Crippen LogP contribution in [0.25, 0.3) is 11.3 Å². The van der Waals surface area contributed by atoms with E-state index in [-0.39, 0.29) is 11.9 Å². The van der Waals surface area contributed by atoms with Crippen LogP contribution in [-0.2, 0) is 0 Å². The predicted octanol–water partition coefficient (Wildman–Crippen LogP) is 2.49. The first-order valence-electron chi connectivity index (χ1n) is 6.96. The Bertz CT molecular complexity index is 619. The number of amides is 1. The van der Waals surface area contributed by atoms with Gasteiger partial charge in [-0.15, -0.1) is 0 Å². The van der Waals surface area contributed by atoms with E-state index in [0.717, 1.165) is 30.8 Å². The molecule has 0 spiro atoms. The number of rotatable bonds is 3. The fourth-order valence-electron chi connectivity index (χ4n) is 2.39. The van der Waals surface area contributed by atoms with E-state index in [2.05, 4.69) is 15.6 Å². The molecule has 0 radical (unpaired) electrons. The zero-order valence-electron chi connectivity index (χ0n) is 11.5. The highest BCUT2D eigenvalue weighted by Crippen LogP contribution is 2.19. The molecule has 5 heteroatoms. The standard InChI is InChI=1S/C16H16ClN3O/c17-13-5-6-15(19-9-13)11-1-3-12(4-2-11)16(21)20-14-7-8-18-10-14/h1-6,9,14,18H,7-8,10H2,(H,20,21). The second-order valence-corrected chi connectivity index (χ2v) is 5.54. The summed E-state index contributed by atoms with van der Waals surface area (Å²) < 4.78 is 0. The molecule has 1 aromatic carbocycles. The number of carbonyl (C=O) groups excluding carboxylic acids is 1. The molecule has 1 fully saturated rings. The van der Waals surface area contributed by atoms with E-state index in [1.165, 1.54) is 0 Å². The van der Waals surface area contributed by atoms with Crippen molar-refractivity contribution in [2.24, 2.45) is 0 Å². The first-order chi connectivity index (χ1) is 10.2.